The molecule has 0 heterocycles. The maximum Gasteiger partial charge on any atom is 0.0871 e. The highest BCUT2D eigenvalue weighted by molar-refractivity contribution is 6.91. The molecule has 0 unspecified atom stereocenters. The molecule has 2 bridgehead atoms. The third kappa shape index (κ3) is 2.22. The number of hydrogen-bond donors (Lipinski definition) is 0. The first-order chi connectivity index (χ1) is 9.50. The Morgan fingerprint density at radius 3 is 2.40 bits per heavy atom. The van der Waals surface area contributed by atoms with Crippen molar-refractivity contribution >= 4 is 13.3 Å². The van der Waals surface area contributed by atoms with Crippen LogP contribution in [-0.2, 0) is 0 Å². The molecule has 4 atom stereocenters. The maximum atomic E-state index is 2.63. The highest BCUT2D eigenvalue weighted by Gasteiger charge is 2.39. The predicted molar refractivity (Wildman–Crippen MR) is 91.0 cm³/mol. The van der Waals surface area contributed by atoms with Gasteiger partial charge in [-0.1, -0.05) is 86.3 Å². The molecule has 0 spiro atoms. The first-order valence-corrected chi connectivity index (χ1v) is 11.0. The molecule has 0 radical (unpaired) electrons. The molecule has 3 rings (SSSR count). The molecule has 1 aromatic carbocycles. The van der Waals surface area contributed by atoms with Gasteiger partial charge in [0.15, 0.2) is 0 Å². The lowest BCUT2D eigenvalue weighted by atomic mass is 9.97. The van der Waals surface area contributed by atoms with Crippen LogP contribution in [0.25, 0.3) is 0 Å². The molecule has 0 aliphatic heterocycles. The summed E-state index contributed by atoms with van der Waals surface area (Å²) in [6.45, 7) is 9.88. The smallest absolute Gasteiger partial charge is 0.0842 e. The summed E-state index contributed by atoms with van der Waals surface area (Å²) in [5.74, 6) is 2.40. The molecule has 1 saturated carbocycles. The molecule has 0 amide bonds. The van der Waals surface area contributed by atoms with Crippen molar-refractivity contribution in [1.29, 1.82) is 0 Å². The monoisotopic (exact) mass is 282 g/mol. The van der Waals surface area contributed by atoms with Crippen LogP contribution < -0.4 is 5.19 Å². The minimum atomic E-state index is -1.40. The molecule has 1 heteroatoms. The maximum absolute atomic E-state index is 2.63. The van der Waals surface area contributed by atoms with E-state index in [1.807, 2.05) is 0 Å². The van der Waals surface area contributed by atoms with E-state index in [1.165, 1.54) is 6.42 Å². The van der Waals surface area contributed by atoms with E-state index in [9.17, 15) is 0 Å². The third-order valence-electron chi connectivity index (χ3n) is 5.83. The predicted octanol–water partition coefficient (Wildman–Crippen LogP) is 4.76. The lowest BCUT2D eigenvalue weighted by molar-refractivity contribution is 0.482. The molecule has 0 N–H and O–H groups in total. The highest BCUT2D eigenvalue weighted by atomic mass is 28.3. The van der Waals surface area contributed by atoms with Crippen molar-refractivity contribution < 1.29 is 0 Å². The van der Waals surface area contributed by atoms with Crippen LogP contribution in [-0.4, -0.2) is 8.07 Å². The van der Waals surface area contributed by atoms with Crippen LogP contribution >= 0.6 is 0 Å². The van der Waals surface area contributed by atoms with E-state index in [1.54, 1.807) is 10.8 Å². The van der Waals surface area contributed by atoms with Gasteiger partial charge < -0.3 is 0 Å². The van der Waals surface area contributed by atoms with Crippen LogP contribution in [0.4, 0.5) is 0 Å². The first kappa shape index (κ1) is 13.9. The van der Waals surface area contributed by atoms with E-state index < -0.39 is 8.07 Å². The van der Waals surface area contributed by atoms with Gasteiger partial charge in [-0.25, -0.2) is 0 Å². The van der Waals surface area contributed by atoms with E-state index in [-0.39, 0.29) is 0 Å². The summed E-state index contributed by atoms with van der Waals surface area (Å²) in [6, 6.07) is 11.1. The van der Waals surface area contributed by atoms with Gasteiger partial charge in [-0.3, -0.25) is 0 Å². The Hall–Kier alpha value is -1.08. The number of fused-ring (bicyclic) bond motifs is 2. The Labute approximate surface area is 124 Å². The average Bonchev–Trinajstić information content (AvgIpc) is 2.94. The molecule has 1 fully saturated rings. The zero-order valence-corrected chi connectivity index (χ0v) is 14.1. The largest absolute Gasteiger partial charge is 0.0871 e. The zero-order valence-electron chi connectivity index (χ0n) is 13.1. The molecule has 2 aliphatic carbocycles. The molecule has 106 valence electrons. The Kier molecular flexibility index (Phi) is 3.49. The van der Waals surface area contributed by atoms with Crippen molar-refractivity contribution in [1.82, 2.24) is 0 Å². The van der Waals surface area contributed by atoms with Crippen LogP contribution in [0.15, 0.2) is 54.1 Å². The lowest BCUT2D eigenvalue weighted by Gasteiger charge is -2.29. The summed E-state index contributed by atoms with van der Waals surface area (Å²) in [4.78, 5) is 0. The number of allylic oxidation sites excluding steroid dienone is 4. The van der Waals surface area contributed by atoms with Gasteiger partial charge >= 0.3 is 0 Å². The van der Waals surface area contributed by atoms with Crippen LogP contribution in [0.2, 0.25) is 18.6 Å². The Bertz CT molecular complexity index is 538. The van der Waals surface area contributed by atoms with E-state index in [4.69, 9.17) is 0 Å². The van der Waals surface area contributed by atoms with Gasteiger partial charge in [-0.2, -0.15) is 0 Å². The SMILES string of the molecule is C[C@@H]1[C@@H]2C=C[C@H]1/C(=C\[C@H](C)[Si](C)(C)c1ccccc1)C2. The van der Waals surface area contributed by atoms with Crippen LogP contribution in [0.1, 0.15) is 20.3 Å². The second-order valence-electron chi connectivity index (χ2n) is 7.26. The molecule has 2 aliphatic rings. The molecular formula is C19H26Si. The zero-order chi connectivity index (χ0) is 14.3. The van der Waals surface area contributed by atoms with Crippen molar-refractivity contribution in [2.24, 2.45) is 17.8 Å². The minimum absolute atomic E-state index is 0.708. The summed E-state index contributed by atoms with van der Waals surface area (Å²) in [6.07, 6.45) is 8.83. The Morgan fingerprint density at radius 2 is 1.85 bits per heavy atom. The molecule has 1 aromatic rings. The van der Waals surface area contributed by atoms with Gasteiger partial charge in [-0.05, 0) is 23.8 Å². The van der Waals surface area contributed by atoms with E-state index in [0.29, 0.717) is 5.54 Å². The van der Waals surface area contributed by atoms with Crippen molar-refractivity contribution in [3.63, 3.8) is 0 Å². The van der Waals surface area contributed by atoms with Crippen LogP contribution in [0.3, 0.4) is 0 Å². The number of benzene rings is 1. The van der Waals surface area contributed by atoms with Gasteiger partial charge in [0.1, 0.15) is 0 Å². The molecule has 0 nitrogen and oxygen atoms in total. The van der Waals surface area contributed by atoms with Gasteiger partial charge in [0.2, 0.25) is 0 Å². The summed E-state index contributed by atoms with van der Waals surface area (Å²) in [7, 11) is -1.40. The molecule has 0 saturated heterocycles. The van der Waals surface area contributed by atoms with Crippen LogP contribution in [0.5, 0.6) is 0 Å². The van der Waals surface area contributed by atoms with Gasteiger partial charge in [0, 0.05) is 5.92 Å². The fourth-order valence-electron chi connectivity index (χ4n) is 3.84. The molecule has 0 aromatic heterocycles. The van der Waals surface area contributed by atoms with Gasteiger partial charge in [-0.15, -0.1) is 0 Å². The highest BCUT2D eigenvalue weighted by Crippen LogP contribution is 2.48. The molecule has 20 heavy (non-hydrogen) atoms. The van der Waals surface area contributed by atoms with E-state index in [2.05, 4.69) is 75.5 Å². The van der Waals surface area contributed by atoms with E-state index in [0.717, 1.165) is 17.8 Å². The van der Waals surface area contributed by atoms with Crippen molar-refractivity contribution in [3.8, 4) is 0 Å². The van der Waals surface area contributed by atoms with Gasteiger partial charge in [0.05, 0.1) is 8.07 Å². The topological polar surface area (TPSA) is 0 Å². The fraction of sp³-hybridized carbons (Fsp3) is 0.474. The third-order valence-corrected chi connectivity index (χ3v) is 10.1. The standard InChI is InChI=1S/C19H26Si/c1-14(20(3,4)18-8-6-5-7-9-18)12-17-13-16-10-11-19(17)15(16)2/h5-12,14-16,19H,13H2,1-4H3/b17-12-/t14-,15+,16+,19+/m0/s1. The summed E-state index contributed by atoms with van der Waals surface area (Å²) < 4.78 is 0. The summed E-state index contributed by atoms with van der Waals surface area (Å²) in [5.41, 5.74) is 2.42. The second kappa shape index (κ2) is 5.03. The van der Waals surface area contributed by atoms with Crippen molar-refractivity contribution in [2.75, 3.05) is 0 Å². The first-order valence-electron chi connectivity index (χ1n) is 7.94. The number of hydrogen-bond acceptors (Lipinski definition) is 0. The molecular weight excluding hydrogens is 256 g/mol. The van der Waals surface area contributed by atoms with Crippen LogP contribution in [0, 0.1) is 17.8 Å². The summed E-state index contributed by atoms with van der Waals surface area (Å²) >= 11 is 0. The van der Waals surface area contributed by atoms with Gasteiger partial charge in [0.25, 0.3) is 0 Å². The summed E-state index contributed by atoms with van der Waals surface area (Å²) in [5, 5.41) is 1.58. The second-order valence-corrected chi connectivity index (χ2v) is 12.2. The Balaban J connectivity index is 1.83. The normalized spacial score (nSPS) is 32.0. The fourth-order valence-corrected chi connectivity index (χ4v) is 6.05. The minimum Gasteiger partial charge on any atom is -0.0842 e. The van der Waals surface area contributed by atoms with E-state index >= 15 is 0 Å². The lowest BCUT2D eigenvalue weighted by Crippen LogP contribution is -2.44. The quantitative estimate of drug-likeness (QED) is 0.554. The Morgan fingerprint density at radius 1 is 1.15 bits per heavy atom. The van der Waals surface area contributed by atoms with Crippen molar-refractivity contribution in [3.05, 3.63) is 54.1 Å². The van der Waals surface area contributed by atoms with Crippen molar-refractivity contribution in [2.45, 2.75) is 38.9 Å². The number of rotatable bonds is 3. The average molecular weight is 283 g/mol.